The monoisotopic (exact) mass is 203 g/mol. The van der Waals surface area contributed by atoms with Crippen molar-refractivity contribution < 1.29 is 4.74 Å². The number of ether oxygens (including phenoxy) is 1. The average molecular weight is 203 g/mol. The van der Waals surface area contributed by atoms with E-state index in [1.54, 1.807) is 0 Å². The third-order valence-electron chi connectivity index (χ3n) is 2.56. The highest BCUT2D eigenvalue weighted by molar-refractivity contribution is 5.17. The quantitative estimate of drug-likeness (QED) is 0.745. The number of nitrogens with zero attached hydrogens (tertiary/aromatic N) is 1. The maximum absolute atomic E-state index is 5.29. The van der Waals surface area contributed by atoms with Crippen LogP contribution < -0.4 is 0 Å². The van der Waals surface area contributed by atoms with Crippen LogP contribution >= 0.6 is 0 Å². The molecule has 1 aliphatic rings. The lowest BCUT2D eigenvalue weighted by Crippen LogP contribution is -2.32. The van der Waals surface area contributed by atoms with Crippen molar-refractivity contribution in [1.29, 1.82) is 0 Å². The maximum atomic E-state index is 5.29. The minimum Gasteiger partial charge on any atom is -0.378 e. The Kier molecular flexibility index (Phi) is 3.80. The summed E-state index contributed by atoms with van der Waals surface area (Å²) in [6.45, 7) is 3.75. The fraction of sp³-hybridized carbons (Fsp3) is 0.385. The van der Waals surface area contributed by atoms with Crippen LogP contribution in [-0.4, -0.2) is 31.2 Å². The Bertz CT molecular complexity index is 302. The van der Waals surface area contributed by atoms with Gasteiger partial charge in [-0.15, -0.1) is 0 Å². The lowest BCUT2D eigenvalue weighted by molar-refractivity contribution is 0.0593. The molecular weight excluding hydrogens is 186 g/mol. The Hall–Kier alpha value is -1.28. The number of hydrogen-bond acceptors (Lipinski definition) is 2. The highest BCUT2D eigenvalue weighted by Gasteiger charge is 2.04. The lowest BCUT2D eigenvalue weighted by atomic mass is 10.1. The topological polar surface area (TPSA) is 12.5 Å². The van der Waals surface area contributed by atoms with Gasteiger partial charge in [0.1, 0.15) is 0 Å². The van der Waals surface area contributed by atoms with Gasteiger partial charge in [-0.2, -0.15) is 0 Å². The highest BCUT2D eigenvalue weighted by Crippen LogP contribution is 2.02. The van der Waals surface area contributed by atoms with Crippen LogP contribution in [0.3, 0.4) is 0 Å². The molecule has 2 rings (SSSR count). The molecule has 0 spiro atoms. The van der Waals surface area contributed by atoms with Crippen LogP contribution in [-0.2, 0) is 11.2 Å². The predicted molar refractivity (Wildman–Crippen MR) is 61.7 cm³/mol. The third kappa shape index (κ3) is 3.40. The van der Waals surface area contributed by atoms with E-state index in [1.807, 2.05) is 0 Å². The molecule has 0 radical (unpaired) electrons. The van der Waals surface area contributed by atoms with E-state index in [0.29, 0.717) is 0 Å². The van der Waals surface area contributed by atoms with Gasteiger partial charge in [-0.05, 0) is 18.2 Å². The highest BCUT2D eigenvalue weighted by atomic mass is 16.5. The molecule has 1 aromatic carbocycles. The van der Waals surface area contributed by atoms with Gasteiger partial charge >= 0.3 is 0 Å². The zero-order valence-electron chi connectivity index (χ0n) is 8.93. The first-order valence-corrected chi connectivity index (χ1v) is 5.47. The first kappa shape index (κ1) is 10.2. The molecular formula is C13H17NO. The SMILES string of the molecule is C(=CN1CCOCC1)Cc1ccccc1. The van der Waals surface area contributed by atoms with Crippen LogP contribution in [0.15, 0.2) is 42.6 Å². The van der Waals surface area contributed by atoms with E-state index in [1.165, 1.54) is 5.56 Å². The zero-order valence-corrected chi connectivity index (χ0v) is 8.93. The van der Waals surface area contributed by atoms with Crippen molar-refractivity contribution in [2.24, 2.45) is 0 Å². The standard InChI is InChI=1S/C13H17NO/c1-2-5-13(6-3-1)7-4-8-14-9-11-15-12-10-14/h1-6,8H,7,9-12H2. The average Bonchev–Trinajstić information content (AvgIpc) is 2.32. The Morgan fingerprint density at radius 3 is 2.60 bits per heavy atom. The van der Waals surface area contributed by atoms with Gasteiger partial charge in [0.2, 0.25) is 0 Å². The van der Waals surface area contributed by atoms with Crippen LogP contribution in [0.25, 0.3) is 0 Å². The summed E-state index contributed by atoms with van der Waals surface area (Å²) < 4.78 is 5.29. The zero-order chi connectivity index (χ0) is 10.3. The van der Waals surface area contributed by atoms with Crippen LogP contribution in [0.4, 0.5) is 0 Å². The first-order chi connectivity index (χ1) is 7.45. The summed E-state index contributed by atoms with van der Waals surface area (Å²) in [4.78, 5) is 2.31. The Morgan fingerprint density at radius 1 is 1.13 bits per heavy atom. The molecule has 0 aromatic heterocycles. The fourth-order valence-corrected chi connectivity index (χ4v) is 1.68. The first-order valence-electron chi connectivity index (χ1n) is 5.47. The smallest absolute Gasteiger partial charge is 0.0642 e. The molecule has 0 N–H and O–H groups in total. The molecule has 1 aliphatic heterocycles. The van der Waals surface area contributed by atoms with Gasteiger partial charge in [-0.1, -0.05) is 36.4 Å². The molecule has 0 unspecified atom stereocenters. The summed E-state index contributed by atoms with van der Waals surface area (Å²) >= 11 is 0. The summed E-state index contributed by atoms with van der Waals surface area (Å²) in [6.07, 6.45) is 5.42. The lowest BCUT2D eigenvalue weighted by Gasteiger charge is -2.24. The van der Waals surface area contributed by atoms with Crippen LogP contribution in [0.5, 0.6) is 0 Å². The minimum atomic E-state index is 0.857. The third-order valence-corrected chi connectivity index (χ3v) is 2.56. The molecule has 2 nitrogen and oxygen atoms in total. The van der Waals surface area contributed by atoms with Gasteiger partial charge in [0.25, 0.3) is 0 Å². The van der Waals surface area contributed by atoms with Gasteiger partial charge < -0.3 is 9.64 Å². The van der Waals surface area contributed by atoms with Gasteiger partial charge in [0.05, 0.1) is 13.2 Å². The molecule has 1 heterocycles. The molecule has 1 saturated heterocycles. The van der Waals surface area contributed by atoms with Crippen molar-refractivity contribution in [1.82, 2.24) is 4.90 Å². The molecule has 0 saturated carbocycles. The molecule has 1 aromatic rings. The summed E-state index contributed by atoms with van der Waals surface area (Å²) in [6, 6.07) is 10.5. The van der Waals surface area contributed by atoms with E-state index in [2.05, 4.69) is 47.5 Å². The van der Waals surface area contributed by atoms with E-state index < -0.39 is 0 Å². The van der Waals surface area contributed by atoms with Crippen LogP contribution in [0.1, 0.15) is 5.56 Å². The summed E-state index contributed by atoms with van der Waals surface area (Å²) in [5, 5.41) is 0. The minimum absolute atomic E-state index is 0.857. The molecule has 15 heavy (non-hydrogen) atoms. The fourth-order valence-electron chi connectivity index (χ4n) is 1.68. The van der Waals surface area contributed by atoms with Crippen molar-refractivity contribution in [3.05, 3.63) is 48.2 Å². The van der Waals surface area contributed by atoms with Gasteiger partial charge in [0, 0.05) is 13.1 Å². The number of morpholine rings is 1. The molecule has 2 heteroatoms. The van der Waals surface area contributed by atoms with E-state index >= 15 is 0 Å². The van der Waals surface area contributed by atoms with Crippen molar-refractivity contribution in [3.8, 4) is 0 Å². The van der Waals surface area contributed by atoms with Crippen molar-refractivity contribution in [2.75, 3.05) is 26.3 Å². The van der Waals surface area contributed by atoms with Crippen molar-refractivity contribution in [2.45, 2.75) is 6.42 Å². The van der Waals surface area contributed by atoms with E-state index in [0.717, 1.165) is 32.7 Å². The number of hydrogen-bond donors (Lipinski definition) is 0. The summed E-state index contributed by atoms with van der Waals surface area (Å²) in [5.74, 6) is 0. The van der Waals surface area contributed by atoms with Gasteiger partial charge in [-0.25, -0.2) is 0 Å². The molecule has 0 atom stereocenters. The Morgan fingerprint density at radius 2 is 1.87 bits per heavy atom. The van der Waals surface area contributed by atoms with E-state index in [-0.39, 0.29) is 0 Å². The second-order valence-electron chi connectivity index (χ2n) is 3.72. The summed E-state index contributed by atoms with van der Waals surface area (Å²) in [5.41, 5.74) is 1.36. The molecule has 1 fully saturated rings. The summed E-state index contributed by atoms with van der Waals surface area (Å²) in [7, 11) is 0. The second kappa shape index (κ2) is 5.56. The number of rotatable bonds is 3. The number of benzene rings is 1. The Labute approximate surface area is 91.2 Å². The van der Waals surface area contributed by atoms with Crippen LogP contribution in [0, 0.1) is 0 Å². The van der Waals surface area contributed by atoms with E-state index in [9.17, 15) is 0 Å². The van der Waals surface area contributed by atoms with Crippen molar-refractivity contribution >= 4 is 0 Å². The Balaban J connectivity index is 1.79. The van der Waals surface area contributed by atoms with Gasteiger partial charge in [0.15, 0.2) is 0 Å². The normalized spacial score (nSPS) is 17.2. The molecule has 80 valence electrons. The largest absolute Gasteiger partial charge is 0.378 e. The number of allylic oxidation sites excluding steroid dienone is 1. The van der Waals surface area contributed by atoms with E-state index in [4.69, 9.17) is 4.74 Å². The second-order valence-corrected chi connectivity index (χ2v) is 3.72. The van der Waals surface area contributed by atoms with Gasteiger partial charge in [-0.3, -0.25) is 0 Å². The molecule has 0 aliphatic carbocycles. The molecule has 0 amide bonds. The van der Waals surface area contributed by atoms with Crippen molar-refractivity contribution in [3.63, 3.8) is 0 Å². The predicted octanol–water partition coefficient (Wildman–Crippen LogP) is 2.08. The maximum Gasteiger partial charge on any atom is 0.0642 e. The van der Waals surface area contributed by atoms with Crippen LogP contribution in [0.2, 0.25) is 0 Å². The molecule has 0 bridgehead atoms.